The number of fused-ring (bicyclic) bond motifs is 1. The van der Waals surface area contributed by atoms with Crippen LogP contribution in [-0.4, -0.2) is 27.5 Å². The molecule has 0 aliphatic carbocycles. The van der Waals surface area contributed by atoms with Crippen molar-refractivity contribution in [2.24, 2.45) is 0 Å². The highest BCUT2D eigenvalue weighted by Gasteiger charge is 2.36. The number of rotatable bonds is 7. The zero-order valence-electron chi connectivity index (χ0n) is 21.5. The van der Waals surface area contributed by atoms with Crippen LogP contribution in [0.5, 0.6) is 0 Å². The lowest BCUT2D eigenvalue weighted by atomic mass is 9.90. The van der Waals surface area contributed by atoms with E-state index >= 15 is 0 Å². The zero-order chi connectivity index (χ0) is 26.8. The minimum absolute atomic E-state index is 0.119. The van der Waals surface area contributed by atoms with Gasteiger partial charge in [0.1, 0.15) is 11.7 Å². The van der Waals surface area contributed by atoms with Gasteiger partial charge in [-0.05, 0) is 56.7 Å². The molecule has 6 heteroatoms. The predicted octanol–water partition coefficient (Wildman–Crippen LogP) is 5.99. The molecule has 5 aromatic rings. The number of aromatic nitrogens is 2. The number of esters is 1. The summed E-state index contributed by atoms with van der Waals surface area (Å²) in [6.45, 7) is 5.07. The van der Waals surface area contributed by atoms with Crippen molar-refractivity contribution in [1.82, 2.24) is 9.13 Å². The maximum Gasteiger partial charge on any atom is 0.321 e. The third-order valence-corrected chi connectivity index (χ3v) is 6.65. The molecule has 0 spiro atoms. The Hall–Kier alpha value is -4.71. The number of benzene rings is 3. The van der Waals surface area contributed by atoms with Gasteiger partial charge in [0.2, 0.25) is 0 Å². The molecule has 0 saturated heterocycles. The van der Waals surface area contributed by atoms with Crippen molar-refractivity contribution in [2.45, 2.75) is 26.7 Å². The smallest absolute Gasteiger partial charge is 0.321 e. The summed E-state index contributed by atoms with van der Waals surface area (Å²) in [6, 6.07) is 30.5. The summed E-state index contributed by atoms with van der Waals surface area (Å²) in [5, 5.41) is 0.315. The Kier molecular flexibility index (Phi) is 6.79. The number of carbonyl (C=O) groups excluding carboxylic acids is 2. The van der Waals surface area contributed by atoms with Gasteiger partial charge in [-0.3, -0.25) is 19.0 Å². The van der Waals surface area contributed by atoms with Gasteiger partial charge in [-0.15, -0.1) is 0 Å². The average molecular weight is 505 g/mol. The molecule has 0 fully saturated rings. The van der Waals surface area contributed by atoms with Crippen LogP contribution < -0.4 is 5.56 Å². The fraction of sp³-hybridized carbons (Fsp3) is 0.156. The number of pyridine rings is 1. The van der Waals surface area contributed by atoms with E-state index < -0.39 is 11.9 Å². The Morgan fingerprint density at radius 2 is 1.34 bits per heavy atom. The van der Waals surface area contributed by atoms with Crippen LogP contribution in [0.15, 0.2) is 102 Å². The molecule has 190 valence electrons. The van der Waals surface area contributed by atoms with Crippen LogP contribution in [0.25, 0.3) is 33.5 Å². The highest BCUT2D eigenvalue weighted by atomic mass is 16.5. The third-order valence-electron chi connectivity index (χ3n) is 6.65. The van der Waals surface area contributed by atoms with Crippen molar-refractivity contribution in [3.8, 4) is 22.6 Å². The molecule has 0 bridgehead atoms. The summed E-state index contributed by atoms with van der Waals surface area (Å²) in [4.78, 5) is 40.9. The Bertz CT molecular complexity index is 1680. The largest absolute Gasteiger partial charge is 0.465 e. The Morgan fingerprint density at radius 3 is 1.87 bits per heavy atom. The molecular weight excluding hydrogens is 476 g/mol. The van der Waals surface area contributed by atoms with Crippen molar-refractivity contribution in [1.29, 1.82) is 0 Å². The highest BCUT2D eigenvalue weighted by Crippen LogP contribution is 2.40. The monoisotopic (exact) mass is 504 g/mol. The van der Waals surface area contributed by atoms with Gasteiger partial charge in [-0.2, -0.15) is 0 Å². The molecule has 0 amide bonds. The van der Waals surface area contributed by atoms with E-state index in [0.717, 1.165) is 16.9 Å². The fourth-order valence-electron chi connectivity index (χ4n) is 5.12. The predicted molar refractivity (Wildman–Crippen MR) is 149 cm³/mol. The number of ketones is 1. The molecule has 3 aromatic carbocycles. The van der Waals surface area contributed by atoms with Gasteiger partial charge in [0.05, 0.1) is 23.2 Å². The van der Waals surface area contributed by atoms with Crippen LogP contribution in [0.1, 0.15) is 31.0 Å². The van der Waals surface area contributed by atoms with Crippen molar-refractivity contribution in [3.63, 3.8) is 0 Å². The van der Waals surface area contributed by atoms with Gasteiger partial charge in [0.25, 0.3) is 5.56 Å². The lowest BCUT2D eigenvalue weighted by Gasteiger charge is -2.17. The van der Waals surface area contributed by atoms with Gasteiger partial charge in [0, 0.05) is 22.6 Å². The van der Waals surface area contributed by atoms with Crippen LogP contribution in [0.3, 0.4) is 0 Å². The first kappa shape index (κ1) is 25.0. The molecular formula is C32H28N2O4. The lowest BCUT2D eigenvalue weighted by Crippen LogP contribution is -2.26. The Balaban J connectivity index is 2.03. The molecule has 0 radical (unpaired) electrons. The van der Waals surface area contributed by atoms with E-state index in [1.165, 1.54) is 6.92 Å². The third kappa shape index (κ3) is 4.24. The summed E-state index contributed by atoms with van der Waals surface area (Å²) >= 11 is 0. The number of aryl methyl sites for hydroxylation is 1. The van der Waals surface area contributed by atoms with E-state index in [2.05, 4.69) is 0 Å². The van der Waals surface area contributed by atoms with Crippen molar-refractivity contribution in [2.75, 3.05) is 6.61 Å². The maximum atomic E-state index is 14.4. The molecule has 1 unspecified atom stereocenters. The highest BCUT2D eigenvalue weighted by molar-refractivity contribution is 6.10. The molecule has 38 heavy (non-hydrogen) atoms. The molecule has 5 rings (SSSR count). The SMILES string of the molecule is CCOC(=O)C(C(C)=O)c1c(-c2ccccc2)n(-c2ccccc2)c2cc(C)n(-c3ccccc3)c(=O)c12. The number of hydrogen-bond acceptors (Lipinski definition) is 4. The summed E-state index contributed by atoms with van der Waals surface area (Å²) < 4.78 is 8.97. The normalized spacial score (nSPS) is 11.9. The summed E-state index contributed by atoms with van der Waals surface area (Å²) in [5.74, 6) is -2.33. The molecule has 2 heterocycles. The number of Topliss-reactive ketones (excluding diaryl/α,β-unsaturated/α-hetero) is 1. The number of carbonyl (C=O) groups is 2. The van der Waals surface area contributed by atoms with Gasteiger partial charge in [0.15, 0.2) is 0 Å². The Morgan fingerprint density at radius 1 is 0.816 bits per heavy atom. The Labute approximate surface area is 220 Å². The maximum absolute atomic E-state index is 14.4. The minimum atomic E-state index is -1.27. The molecule has 0 aliphatic rings. The number of nitrogens with zero attached hydrogens (tertiary/aromatic N) is 2. The van der Waals surface area contributed by atoms with Crippen LogP contribution >= 0.6 is 0 Å². The summed E-state index contributed by atoms with van der Waals surface area (Å²) in [6.07, 6.45) is 0. The van der Waals surface area contributed by atoms with Gasteiger partial charge < -0.3 is 9.30 Å². The second-order valence-corrected chi connectivity index (χ2v) is 9.12. The fourth-order valence-corrected chi connectivity index (χ4v) is 5.12. The molecule has 2 aromatic heterocycles. The van der Waals surface area contributed by atoms with Crippen molar-refractivity contribution in [3.05, 3.63) is 119 Å². The van der Waals surface area contributed by atoms with E-state index in [9.17, 15) is 14.4 Å². The quantitative estimate of drug-likeness (QED) is 0.202. The topological polar surface area (TPSA) is 70.3 Å². The van der Waals surface area contributed by atoms with E-state index in [1.807, 2.05) is 109 Å². The van der Waals surface area contributed by atoms with Crippen molar-refractivity contribution >= 4 is 22.7 Å². The van der Waals surface area contributed by atoms with E-state index in [-0.39, 0.29) is 17.9 Å². The van der Waals surface area contributed by atoms with Crippen LogP contribution in [0.4, 0.5) is 0 Å². The molecule has 0 aliphatic heterocycles. The summed E-state index contributed by atoms with van der Waals surface area (Å²) in [5.41, 5.74) is 4.31. The second kappa shape index (κ2) is 10.3. The second-order valence-electron chi connectivity index (χ2n) is 9.12. The minimum Gasteiger partial charge on any atom is -0.465 e. The van der Waals surface area contributed by atoms with Gasteiger partial charge in [-0.1, -0.05) is 66.7 Å². The first-order valence-corrected chi connectivity index (χ1v) is 12.6. The van der Waals surface area contributed by atoms with E-state index in [1.54, 1.807) is 11.5 Å². The van der Waals surface area contributed by atoms with Crippen LogP contribution in [0, 0.1) is 6.92 Å². The number of ether oxygens (including phenoxy) is 1. The zero-order valence-corrected chi connectivity index (χ0v) is 21.5. The number of para-hydroxylation sites is 2. The average Bonchev–Trinajstić information content (AvgIpc) is 3.25. The van der Waals surface area contributed by atoms with E-state index in [4.69, 9.17) is 4.74 Å². The number of hydrogen-bond donors (Lipinski definition) is 0. The first-order valence-electron chi connectivity index (χ1n) is 12.6. The van der Waals surface area contributed by atoms with E-state index in [0.29, 0.717) is 27.8 Å². The molecule has 0 saturated carbocycles. The molecule has 6 nitrogen and oxygen atoms in total. The van der Waals surface area contributed by atoms with Crippen LogP contribution in [-0.2, 0) is 14.3 Å². The van der Waals surface area contributed by atoms with Gasteiger partial charge >= 0.3 is 5.97 Å². The van der Waals surface area contributed by atoms with Crippen LogP contribution in [0.2, 0.25) is 0 Å². The summed E-state index contributed by atoms with van der Waals surface area (Å²) in [7, 11) is 0. The lowest BCUT2D eigenvalue weighted by molar-refractivity contribution is -0.147. The molecule has 1 atom stereocenters. The molecule has 0 N–H and O–H groups in total. The standard InChI is InChI=1S/C32H28N2O4/c1-4-38-32(37)27(22(3)35)29-28-26(20-21(2)33(31(28)36)24-16-10-6-11-17-24)34(25-18-12-7-13-19-25)30(29)23-14-8-5-9-15-23/h5-20,27H,4H2,1-3H3. The van der Waals surface area contributed by atoms with Gasteiger partial charge in [-0.25, -0.2) is 0 Å². The van der Waals surface area contributed by atoms with Crippen molar-refractivity contribution < 1.29 is 14.3 Å². The first-order chi connectivity index (χ1) is 18.4.